The van der Waals surface area contributed by atoms with E-state index in [9.17, 15) is 22.4 Å². The second-order valence-electron chi connectivity index (χ2n) is 6.86. The Bertz CT molecular complexity index is 1100. The minimum atomic E-state index is -3.74. The number of benzene rings is 2. The molecule has 3 rings (SSSR count). The molecule has 1 aliphatic heterocycles. The lowest BCUT2D eigenvalue weighted by atomic mass is 9.99. The van der Waals surface area contributed by atoms with Crippen molar-refractivity contribution in [2.45, 2.75) is 31.2 Å². The summed E-state index contributed by atoms with van der Waals surface area (Å²) in [6, 6.07) is 10.2. The van der Waals surface area contributed by atoms with Crippen LogP contribution in [0.3, 0.4) is 0 Å². The van der Waals surface area contributed by atoms with Gasteiger partial charge in [-0.25, -0.2) is 12.8 Å². The highest BCUT2D eigenvalue weighted by Gasteiger charge is 2.33. The first-order valence-electron chi connectivity index (χ1n) is 9.28. The van der Waals surface area contributed by atoms with Gasteiger partial charge >= 0.3 is 0 Å². The lowest BCUT2D eigenvalue weighted by Gasteiger charge is -2.19. The maximum Gasteiger partial charge on any atom is 0.269 e. The van der Waals surface area contributed by atoms with Crippen LogP contribution in [0.5, 0.6) is 0 Å². The summed E-state index contributed by atoms with van der Waals surface area (Å²) >= 11 is 0. The van der Waals surface area contributed by atoms with Gasteiger partial charge in [-0.1, -0.05) is 32.4 Å². The largest absolute Gasteiger partial charge is 0.271 e. The Morgan fingerprint density at radius 2 is 1.77 bits per heavy atom. The first-order chi connectivity index (χ1) is 14.2. The summed E-state index contributed by atoms with van der Waals surface area (Å²) in [6.45, 7) is 3.67. The zero-order valence-electron chi connectivity index (χ0n) is 16.3. The van der Waals surface area contributed by atoms with Gasteiger partial charge in [-0.2, -0.15) is 0 Å². The van der Waals surface area contributed by atoms with E-state index >= 15 is 0 Å². The fraction of sp³-hybridized carbons (Fsp3) is 0.250. The lowest BCUT2D eigenvalue weighted by Crippen LogP contribution is -2.48. The molecule has 2 aromatic carbocycles. The molecule has 10 heteroatoms. The van der Waals surface area contributed by atoms with Gasteiger partial charge < -0.3 is 0 Å². The molecular weight excluding hydrogens is 411 g/mol. The van der Waals surface area contributed by atoms with E-state index in [1.54, 1.807) is 25.1 Å². The second kappa shape index (κ2) is 8.62. The number of hydrogen-bond acceptors (Lipinski definition) is 5. The number of amidine groups is 1. The number of rotatable bonds is 5. The molecule has 1 aliphatic rings. The van der Waals surface area contributed by atoms with Crippen LogP contribution in [-0.4, -0.2) is 32.1 Å². The number of aliphatic imine (C=N–C) groups is 1. The quantitative estimate of drug-likeness (QED) is 0.624. The maximum absolute atomic E-state index is 13.0. The van der Waals surface area contributed by atoms with Gasteiger partial charge in [0.05, 0.1) is 4.90 Å². The molecule has 0 aliphatic carbocycles. The van der Waals surface area contributed by atoms with Gasteiger partial charge in [-0.05, 0) is 42.3 Å². The fourth-order valence-electron chi connectivity index (χ4n) is 2.90. The number of nitrogens with zero attached hydrogens (tertiary/aromatic N) is 1. The van der Waals surface area contributed by atoms with Crippen molar-refractivity contribution in [2.24, 2.45) is 10.9 Å². The van der Waals surface area contributed by atoms with Gasteiger partial charge in [-0.15, -0.1) is 0 Å². The van der Waals surface area contributed by atoms with E-state index in [4.69, 9.17) is 0 Å². The number of halogens is 1. The summed E-state index contributed by atoms with van der Waals surface area (Å²) in [6.07, 6.45) is 0.592. The van der Waals surface area contributed by atoms with Crippen LogP contribution < -0.4 is 15.6 Å². The summed E-state index contributed by atoms with van der Waals surface area (Å²) < 4.78 is 39.9. The van der Waals surface area contributed by atoms with Crippen LogP contribution in [-0.2, 0) is 14.8 Å². The van der Waals surface area contributed by atoms with Gasteiger partial charge in [0, 0.05) is 11.1 Å². The Hall–Kier alpha value is -3.27. The first-order valence-corrected chi connectivity index (χ1v) is 10.8. The summed E-state index contributed by atoms with van der Waals surface area (Å²) in [5, 5.41) is 0. The van der Waals surface area contributed by atoms with E-state index in [0.29, 0.717) is 12.0 Å². The third-order valence-corrected chi connectivity index (χ3v) is 6.19. The van der Waals surface area contributed by atoms with Gasteiger partial charge in [0.1, 0.15) is 17.7 Å². The number of fused-ring (bicyclic) bond motifs is 1. The highest BCUT2D eigenvalue weighted by molar-refractivity contribution is 7.90. The van der Waals surface area contributed by atoms with E-state index in [2.05, 4.69) is 20.6 Å². The summed E-state index contributed by atoms with van der Waals surface area (Å²) in [5.41, 5.74) is 5.13. The SMILES string of the molecule is CC[C@H](C)[C@H](N=C1NS(=O)(=O)c2ccccc21)C(=O)NNC(=O)c1ccc(F)cc1. The van der Waals surface area contributed by atoms with E-state index in [1.165, 1.54) is 18.2 Å². The van der Waals surface area contributed by atoms with Crippen LogP contribution in [0.1, 0.15) is 36.2 Å². The monoisotopic (exact) mass is 432 g/mol. The van der Waals surface area contributed by atoms with Crippen molar-refractivity contribution in [3.63, 3.8) is 0 Å². The smallest absolute Gasteiger partial charge is 0.269 e. The molecule has 0 saturated heterocycles. The molecule has 2 amide bonds. The van der Waals surface area contributed by atoms with Crippen molar-refractivity contribution < 1.29 is 22.4 Å². The number of carbonyl (C=O) groups excluding carboxylic acids is 2. The molecule has 158 valence electrons. The van der Waals surface area contributed by atoms with Crippen molar-refractivity contribution in [3.8, 4) is 0 Å². The highest BCUT2D eigenvalue weighted by atomic mass is 32.2. The molecule has 0 unspecified atom stereocenters. The Morgan fingerprint density at radius 3 is 2.43 bits per heavy atom. The van der Waals surface area contributed by atoms with Crippen LogP contribution in [0.15, 0.2) is 58.4 Å². The molecule has 0 spiro atoms. The van der Waals surface area contributed by atoms with E-state index in [0.717, 1.165) is 12.1 Å². The van der Waals surface area contributed by atoms with Crippen molar-refractivity contribution in [1.82, 2.24) is 15.6 Å². The molecule has 0 bridgehead atoms. The number of hydrazine groups is 1. The number of carbonyl (C=O) groups is 2. The molecule has 2 aromatic rings. The van der Waals surface area contributed by atoms with E-state index < -0.39 is 33.7 Å². The molecule has 0 aromatic heterocycles. The van der Waals surface area contributed by atoms with Crippen LogP contribution in [0.2, 0.25) is 0 Å². The zero-order valence-corrected chi connectivity index (χ0v) is 17.2. The molecule has 0 fully saturated rings. The third-order valence-electron chi connectivity index (χ3n) is 4.79. The minimum Gasteiger partial charge on any atom is -0.271 e. The molecule has 0 radical (unpaired) electrons. The Morgan fingerprint density at radius 1 is 1.10 bits per heavy atom. The van der Waals surface area contributed by atoms with Gasteiger partial charge in [0.2, 0.25) is 0 Å². The maximum atomic E-state index is 13.0. The topological polar surface area (TPSA) is 117 Å². The molecule has 2 atom stereocenters. The number of amides is 2. The van der Waals surface area contributed by atoms with Crippen LogP contribution in [0.4, 0.5) is 4.39 Å². The molecule has 3 N–H and O–H groups in total. The van der Waals surface area contributed by atoms with E-state index in [1.807, 2.05) is 6.92 Å². The van der Waals surface area contributed by atoms with Crippen molar-refractivity contribution in [2.75, 3.05) is 0 Å². The molecule has 8 nitrogen and oxygen atoms in total. The summed E-state index contributed by atoms with van der Waals surface area (Å²) in [4.78, 5) is 29.3. The van der Waals surface area contributed by atoms with Crippen LogP contribution >= 0.6 is 0 Å². The third kappa shape index (κ3) is 4.48. The van der Waals surface area contributed by atoms with Crippen LogP contribution in [0.25, 0.3) is 0 Å². The zero-order chi connectivity index (χ0) is 21.9. The molecule has 0 saturated carbocycles. The number of hydrogen-bond donors (Lipinski definition) is 3. The highest BCUT2D eigenvalue weighted by Crippen LogP contribution is 2.24. The summed E-state index contributed by atoms with van der Waals surface area (Å²) in [7, 11) is -3.74. The average Bonchev–Trinajstić information content (AvgIpc) is 3.00. The van der Waals surface area contributed by atoms with Gasteiger partial charge in [0.15, 0.2) is 0 Å². The standard InChI is InChI=1S/C20H21FN4O4S/c1-3-12(2)17(20(27)24-23-19(26)13-8-10-14(21)11-9-13)22-18-15-6-4-5-7-16(15)30(28,29)25-18/h4-12,17H,3H2,1-2H3,(H,22,25)(H,23,26)(H,24,27)/t12-,17-/m0/s1. The van der Waals surface area contributed by atoms with Crippen LogP contribution in [0, 0.1) is 11.7 Å². The molecule has 30 heavy (non-hydrogen) atoms. The van der Waals surface area contributed by atoms with Crippen molar-refractivity contribution >= 4 is 27.7 Å². The average molecular weight is 432 g/mol. The fourth-order valence-corrected chi connectivity index (χ4v) is 4.14. The lowest BCUT2D eigenvalue weighted by molar-refractivity contribution is -0.124. The predicted molar refractivity (Wildman–Crippen MR) is 109 cm³/mol. The Balaban J connectivity index is 1.80. The normalized spacial score (nSPS) is 17.5. The van der Waals surface area contributed by atoms with E-state index in [-0.39, 0.29) is 22.2 Å². The Kier molecular flexibility index (Phi) is 6.16. The number of sulfonamides is 1. The van der Waals surface area contributed by atoms with Gasteiger partial charge in [-0.3, -0.25) is 30.2 Å². The molecular formula is C20H21FN4O4S. The predicted octanol–water partition coefficient (Wildman–Crippen LogP) is 1.74. The molecule has 1 heterocycles. The summed E-state index contributed by atoms with van der Waals surface area (Å²) in [5.74, 6) is -1.86. The van der Waals surface area contributed by atoms with Gasteiger partial charge in [0.25, 0.3) is 21.8 Å². The first kappa shape index (κ1) is 21.4. The van der Waals surface area contributed by atoms with Crippen molar-refractivity contribution in [3.05, 3.63) is 65.5 Å². The second-order valence-corrected chi connectivity index (χ2v) is 8.51. The Labute approximate surface area is 173 Å². The number of nitrogens with one attached hydrogen (secondary N) is 3. The van der Waals surface area contributed by atoms with Crippen molar-refractivity contribution in [1.29, 1.82) is 0 Å². The minimum absolute atomic E-state index is 0.0795.